The van der Waals surface area contributed by atoms with E-state index in [2.05, 4.69) is 4.98 Å². The first-order valence-corrected chi connectivity index (χ1v) is 7.00. The number of morpholine rings is 1. The number of hydrogen-bond donors (Lipinski definition) is 0. The van der Waals surface area contributed by atoms with E-state index in [9.17, 15) is 4.79 Å². The van der Waals surface area contributed by atoms with Crippen LogP contribution in [0.5, 0.6) is 0 Å². The molecule has 0 bridgehead atoms. The van der Waals surface area contributed by atoms with Crippen molar-refractivity contribution in [2.24, 2.45) is 0 Å². The molecule has 6 heteroatoms. The average molecular weight is 288 g/mol. The highest BCUT2D eigenvalue weighted by Gasteiger charge is 2.26. The molecule has 2 heterocycles. The van der Waals surface area contributed by atoms with E-state index >= 15 is 0 Å². The van der Waals surface area contributed by atoms with E-state index in [0.29, 0.717) is 24.5 Å². The quantitative estimate of drug-likeness (QED) is 0.830. The first-order valence-electron chi connectivity index (χ1n) is 7.00. The smallest absolute Gasteiger partial charge is 0.242 e. The predicted octanol–water partition coefficient (Wildman–Crippen LogP) is 1.03. The van der Waals surface area contributed by atoms with Gasteiger partial charge in [-0.1, -0.05) is 0 Å². The number of pyridine rings is 1. The molecular weight excluding hydrogens is 268 g/mol. The Labute approximate surface area is 124 Å². The van der Waals surface area contributed by atoms with Gasteiger partial charge >= 0.3 is 0 Å². The zero-order valence-corrected chi connectivity index (χ0v) is 12.6. The minimum Gasteiger partial charge on any atom is -0.372 e. The van der Waals surface area contributed by atoms with Gasteiger partial charge in [-0.05, 0) is 26.0 Å². The zero-order chi connectivity index (χ0) is 15.4. The van der Waals surface area contributed by atoms with Gasteiger partial charge in [-0.15, -0.1) is 0 Å². The summed E-state index contributed by atoms with van der Waals surface area (Å²) in [5, 5.41) is 8.76. The Bertz CT molecular complexity index is 528. The van der Waals surface area contributed by atoms with Gasteiger partial charge in [0, 0.05) is 26.3 Å². The van der Waals surface area contributed by atoms with Gasteiger partial charge < -0.3 is 14.5 Å². The molecule has 1 aliphatic heterocycles. The van der Waals surface area contributed by atoms with Crippen LogP contribution in [-0.4, -0.2) is 54.7 Å². The molecule has 2 rings (SSSR count). The number of likely N-dealkylation sites (N-methyl/N-ethyl adjacent to an activating group) is 1. The molecule has 0 aliphatic carbocycles. The standard InChI is InChI=1S/C15H20N4O2/c1-11-8-19(9-12(2)21-11)15(20)10-18(3)14-5-4-13(6-16)7-17-14/h4-5,7,11-12H,8-10H2,1-3H3/t11-,12-/m0/s1. The van der Waals surface area contributed by atoms with Crippen molar-refractivity contribution >= 4 is 11.7 Å². The molecule has 0 N–H and O–H groups in total. The van der Waals surface area contributed by atoms with E-state index in [4.69, 9.17) is 10.00 Å². The van der Waals surface area contributed by atoms with Gasteiger partial charge in [0.15, 0.2) is 0 Å². The van der Waals surface area contributed by atoms with Crippen molar-refractivity contribution < 1.29 is 9.53 Å². The van der Waals surface area contributed by atoms with Crippen LogP contribution in [0.15, 0.2) is 18.3 Å². The first kappa shape index (κ1) is 15.3. The van der Waals surface area contributed by atoms with Crippen molar-refractivity contribution in [2.75, 3.05) is 31.6 Å². The second kappa shape index (κ2) is 6.55. The lowest BCUT2D eigenvalue weighted by atomic mass is 10.2. The Morgan fingerprint density at radius 3 is 2.67 bits per heavy atom. The van der Waals surface area contributed by atoms with Gasteiger partial charge in [0.1, 0.15) is 11.9 Å². The number of amides is 1. The molecule has 6 nitrogen and oxygen atoms in total. The van der Waals surface area contributed by atoms with E-state index in [1.807, 2.05) is 31.9 Å². The highest BCUT2D eigenvalue weighted by atomic mass is 16.5. The summed E-state index contributed by atoms with van der Waals surface area (Å²) in [6.45, 7) is 5.46. The lowest BCUT2D eigenvalue weighted by molar-refractivity contribution is -0.141. The fraction of sp³-hybridized carbons (Fsp3) is 0.533. The Morgan fingerprint density at radius 2 is 2.14 bits per heavy atom. The van der Waals surface area contributed by atoms with Crippen molar-refractivity contribution in [3.05, 3.63) is 23.9 Å². The van der Waals surface area contributed by atoms with Crippen LogP contribution in [0.1, 0.15) is 19.4 Å². The lowest BCUT2D eigenvalue weighted by Gasteiger charge is -2.36. The van der Waals surface area contributed by atoms with Gasteiger partial charge in [0.2, 0.25) is 5.91 Å². The van der Waals surface area contributed by atoms with Crippen molar-refractivity contribution in [1.82, 2.24) is 9.88 Å². The fourth-order valence-electron chi connectivity index (χ4n) is 2.44. The predicted molar refractivity (Wildman–Crippen MR) is 78.8 cm³/mol. The van der Waals surface area contributed by atoms with E-state index in [1.54, 1.807) is 17.0 Å². The van der Waals surface area contributed by atoms with E-state index in [0.717, 1.165) is 0 Å². The fourth-order valence-corrected chi connectivity index (χ4v) is 2.44. The number of carbonyl (C=O) groups excluding carboxylic acids is 1. The zero-order valence-electron chi connectivity index (χ0n) is 12.6. The number of ether oxygens (including phenoxy) is 1. The Hall–Kier alpha value is -2.13. The molecule has 1 aromatic heterocycles. The third kappa shape index (κ3) is 3.92. The minimum atomic E-state index is 0.0608. The normalized spacial score (nSPS) is 21.7. The topological polar surface area (TPSA) is 69.5 Å². The second-order valence-corrected chi connectivity index (χ2v) is 5.43. The summed E-state index contributed by atoms with van der Waals surface area (Å²) in [6, 6.07) is 5.47. The molecule has 112 valence electrons. The maximum absolute atomic E-state index is 12.3. The molecule has 0 aromatic carbocycles. The summed E-state index contributed by atoms with van der Waals surface area (Å²) in [7, 11) is 1.82. The van der Waals surface area contributed by atoms with Crippen molar-refractivity contribution in [3.63, 3.8) is 0 Å². The van der Waals surface area contributed by atoms with Gasteiger partial charge in [-0.3, -0.25) is 4.79 Å². The number of hydrogen-bond acceptors (Lipinski definition) is 5. The summed E-state index contributed by atoms with van der Waals surface area (Å²) in [4.78, 5) is 20.1. The van der Waals surface area contributed by atoms with E-state index in [1.165, 1.54) is 6.20 Å². The Balaban J connectivity index is 1.96. The number of aromatic nitrogens is 1. The van der Waals surface area contributed by atoms with Gasteiger partial charge in [-0.2, -0.15) is 5.26 Å². The number of nitriles is 1. The summed E-state index contributed by atoms with van der Waals surface area (Å²) < 4.78 is 5.63. The van der Waals surface area contributed by atoms with Crippen molar-refractivity contribution in [1.29, 1.82) is 5.26 Å². The molecule has 1 aliphatic rings. The number of nitrogens with zero attached hydrogens (tertiary/aromatic N) is 4. The van der Waals surface area contributed by atoms with Crippen LogP contribution in [0.3, 0.4) is 0 Å². The first-order chi connectivity index (χ1) is 9.99. The maximum Gasteiger partial charge on any atom is 0.242 e. The molecule has 1 amide bonds. The summed E-state index contributed by atoms with van der Waals surface area (Å²) in [5.41, 5.74) is 0.509. The van der Waals surface area contributed by atoms with Gasteiger partial charge in [0.25, 0.3) is 0 Å². The van der Waals surface area contributed by atoms with Crippen LogP contribution in [0.4, 0.5) is 5.82 Å². The third-order valence-corrected chi connectivity index (χ3v) is 3.41. The molecule has 0 unspecified atom stereocenters. The van der Waals surface area contributed by atoms with Crippen molar-refractivity contribution in [2.45, 2.75) is 26.1 Å². The highest BCUT2D eigenvalue weighted by Crippen LogP contribution is 2.13. The molecule has 0 spiro atoms. The number of rotatable bonds is 3. The second-order valence-electron chi connectivity index (χ2n) is 5.43. The van der Waals surface area contributed by atoms with Crippen LogP contribution in [0.2, 0.25) is 0 Å². The average Bonchev–Trinajstić information content (AvgIpc) is 2.46. The minimum absolute atomic E-state index is 0.0608. The summed E-state index contributed by atoms with van der Waals surface area (Å²) >= 11 is 0. The van der Waals surface area contributed by atoms with E-state index in [-0.39, 0.29) is 24.7 Å². The molecule has 0 saturated carbocycles. The molecule has 1 saturated heterocycles. The third-order valence-electron chi connectivity index (χ3n) is 3.41. The van der Waals surface area contributed by atoms with Crippen LogP contribution in [0, 0.1) is 11.3 Å². The number of anilines is 1. The number of carbonyl (C=O) groups is 1. The summed E-state index contributed by atoms with van der Waals surface area (Å²) in [5.74, 6) is 0.738. The summed E-state index contributed by atoms with van der Waals surface area (Å²) in [6.07, 6.45) is 1.64. The van der Waals surface area contributed by atoms with Crippen molar-refractivity contribution in [3.8, 4) is 6.07 Å². The molecule has 2 atom stereocenters. The van der Waals surface area contributed by atoms with Crippen LogP contribution in [0.25, 0.3) is 0 Å². The van der Waals surface area contributed by atoms with Gasteiger partial charge in [-0.25, -0.2) is 4.98 Å². The highest BCUT2D eigenvalue weighted by molar-refractivity contribution is 5.81. The molecule has 0 radical (unpaired) electrons. The Kier molecular flexibility index (Phi) is 4.76. The van der Waals surface area contributed by atoms with Crippen LogP contribution >= 0.6 is 0 Å². The lowest BCUT2D eigenvalue weighted by Crippen LogP contribution is -2.50. The van der Waals surface area contributed by atoms with Gasteiger partial charge in [0.05, 0.1) is 24.3 Å². The van der Waals surface area contributed by atoms with E-state index < -0.39 is 0 Å². The molecule has 21 heavy (non-hydrogen) atoms. The molecule has 1 aromatic rings. The van der Waals surface area contributed by atoms with Crippen LogP contribution < -0.4 is 4.90 Å². The van der Waals surface area contributed by atoms with Crippen LogP contribution in [-0.2, 0) is 9.53 Å². The molecular formula is C15H20N4O2. The Morgan fingerprint density at radius 1 is 1.48 bits per heavy atom. The largest absolute Gasteiger partial charge is 0.372 e. The maximum atomic E-state index is 12.3. The monoisotopic (exact) mass is 288 g/mol. The molecule has 1 fully saturated rings. The SMILES string of the molecule is C[C@H]1CN(C(=O)CN(C)c2ccc(C#N)cn2)C[C@H](C)O1.